The highest BCUT2D eigenvalue weighted by molar-refractivity contribution is 7.89. The monoisotopic (exact) mass is 478 g/mol. The van der Waals surface area contributed by atoms with Crippen molar-refractivity contribution in [2.75, 3.05) is 29.6 Å². The van der Waals surface area contributed by atoms with Gasteiger partial charge in [0.05, 0.1) is 35.1 Å². The average Bonchev–Trinajstić information content (AvgIpc) is 2.93. The number of aryl methyl sites for hydroxylation is 2. The number of rotatable bonds is 7. The van der Waals surface area contributed by atoms with Gasteiger partial charge < -0.3 is 10.2 Å². The van der Waals surface area contributed by atoms with Gasteiger partial charge in [0, 0.05) is 19.5 Å². The maximum Gasteiger partial charge on any atom is 0.312 e. The molecule has 0 saturated heterocycles. The van der Waals surface area contributed by atoms with Gasteiger partial charge in [0.2, 0.25) is 21.8 Å². The molecule has 0 unspecified atom stereocenters. The van der Waals surface area contributed by atoms with E-state index < -0.39 is 33.4 Å². The van der Waals surface area contributed by atoms with E-state index in [0.717, 1.165) is 4.31 Å². The number of hydrogen-bond donors (Lipinski definition) is 1. The molecule has 0 spiro atoms. The summed E-state index contributed by atoms with van der Waals surface area (Å²) in [5.74, 6) is -1.09. The number of aromatic nitrogens is 2. The maximum absolute atomic E-state index is 13.1. The van der Waals surface area contributed by atoms with E-state index in [-0.39, 0.29) is 41.7 Å². The Balaban J connectivity index is 1.74. The molecule has 1 aliphatic rings. The van der Waals surface area contributed by atoms with E-state index in [2.05, 4.69) is 10.4 Å². The summed E-state index contributed by atoms with van der Waals surface area (Å²) in [5.41, 5.74) is 1.31. The Hall–Kier alpha value is -3.32. The molecule has 0 bridgehead atoms. The second-order valence-electron chi connectivity index (χ2n) is 7.95. The van der Waals surface area contributed by atoms with Crippen molar-refractivity contribution in [3.63, 3.8) is 0 Å². The fourth-order valence-electron chi connectivity index (χ4n) is 3.86. The highest BCUT2D eigenvalue weighted by atomic mass is 32.2. The standard InChI is InChI=1S/C20H26N6O6S/c1-13-11-18(27)21-16-7-5-6-8-17(16)25(13)19(28)12-23(4)33(31,32)10-9-24-15(3)20(26(29)30)14(2)22-24/h5-8,13H,9-12H2,1-4H3,(H,21,27)/t13-/m0/s1. The average molecular weight is 479 g/mol. The number of carbonyl (C=O) groups excluding carboxylic acids is 2. The summed E-state index contributed by atoms with van der Waals surface area (Å²) in [6.45, 7) is 4.20. The second kappa shape index (κ2) is 9.27. The van der Waals surface area contributed by atoms with Gasteiger partial charge in [-0.05, 0) is 32.9 Å². The number of sulfonamides is 1. The first-order chi connectivity index (χ1) is 15.4. The Labute approximate surface area is 191 Å². The largest absolute Gasteiger partial charge is 0.324 e. The van der Waals surface area contributed by atoms with Crippen molar-refractivity contribution in [3.8, 4) is 0 Å². The quantitative estimate of drug-likeness (QED) is 0.467. The zero-order valence-corrected chi connectivity index (χ0v) is 19.6. The molecule has 1 atom stereocenters. The number of hydrogen-bond acceptors (Lipinski definition) is 7. The molecule has 13 heteroatoms. The summed E-state index contributed by atoms with van der Waals surface area (Å²) in [6.07, 6.45) is 0.0770. The molecule has 2 aromatic rings. The van der Waals surface area contributed by atoms with Crippen molar-refractivity contribution in [2.24, 2.45) is 0 Å². The fraction of sp³-hybridized carbons (Fsp3) is 0.450. The Morgan fingerprint density at radius 3 is 2.64 bits per heavy atom. The van der Waals surface area contributed by atoms with Crippen molar-refractivity contribution in [2.45, 2.75) is 39.8 Å². The third-order valence-electron chi connectivity index (χ3n) is 5.55. The van der Waals surface area contributed by atoms with Gasteiger partial charge >= 0.3 is 5.69 Å². The van der Waals surface area contributed by atoms with E-state index in [1.807, 2.05) is 0 Å². The first-order valence-electron chi connectivity index (χ1n) is 10.3. The van der Waals surface area contributed by atoms with Gasteiger partial charge in [0.1, 0.15) is 11.4 Å². The van der Waals surface area contributed by atoms with Gasteiger partial charge in [-0.25, -0.2) is 8.42 Å². The molecule has 178 valence electrons. The van der Waals surface area contributed by atoms with E-state index >= 15 is 0 Å². The molecule has 1 aromatic carbocycles. The minimum atomic E-state index is -3.87. The number of amides is 2. The Morgan fingerprint density at radius 2 is 2.00 bits per heavy atom. The van der Waals surface area contributed by atoms with Crippen LogP contribution in [0.2, 0.25) is 0 Å². The molecule has 0 saturated carbocycles. The van der Waals surface area contributed by atoms with Crippen LogP contribution in [0.4, 0.5) is 17.1 Å². The van der Waals surface area contributed by atoms with Gasteiger partial charge in [-0.3, -0.25) is 24.4 Å². The molecule has 3 rings (SSSR count). The van der Waals surface area contributed by atoms with Crippen LogP contribution in [0.5, 0.6) is 0 Å². The van der Waals surface area contributed by atoms with Crippen molar-refractivity contribution in [3.05, 3.63) is 45.8 Å². The van der Waals surface area contributed by atoms with Gasteiger partial charge in [-0.2, -0.15) is 9.40 Å². The van der Waals surface area contributed by atoms with Crippen LogP contribution in [-0.2, 0) is 26.2 Å². The molecular formula is C20H26N6O6S. The van der Waals surface area contributed by atoms with Crippen LogP contribution < -0.4 is 10.2 Å². The van der Waals surface area contributed by atoms with Crippen molar-refractivity contribution in [1.82, 2.24) is 14.1 Å². The number of benzene rings is 1. The lowest BCUT2D eigenvalue weighted by atomic mass is 10.1. The maximum atomic E-state index is 13.1. The number of likely N-dealkylation sites (N-methyl/N-ethyl adjacent to an activating group) is 1. The van der Waals surface area contributed by atoms with Crippen LogP contribution in [0, 0.1) is 24.0 Å². The summed E-state index contributed by atoms with van der Waals surface area (Å²) >= 11 is 0. The lowest BCUT2D eigenvalue weighted by molar-refractivity contribution is -0.386. The zero-order valence-electron chi connectivity index (χ0n) is 18.8. The summed E-state index contributed by atoms with van der Waals surface area (Å²) < 4.78 is 27.9. The van der Waals surface area contributed by atoms with Crippen LogP contribution in [0.25, 0.3) is 0 Å². The van der Waals surface area contributed by atoms with Crippen LogP contribution in [0.15, 0.2) is 24.3 Å². The van der Waals surface area contributed by atoms with Crippen molar-refractivity contribution >= 4 is 38.9 Å². The highest BCUT2D eigenvalue weighted by Crippen LogP contribution is 2.31. The number of nitrogens with one attached hydrogen (secondary N) is 1. The van der Waals surface area contributed by atoms with Crippen LogP contribution in [-0.4, -0.2) is 64.6 Å². The topological polar surface area (TPSA) is 148 Å². The summed E-state index contributed by atoms with van der Waals surface area (Å²) in [4.78, 5) is 37.3. The molecule has 33 heavy (non-hydrogen) atoms. The number of nitro groups is 1. The van der Waals surface area contributed by atoms with Crippen LogP contribution in [0.1, 0.15) is 24.7 Å². The molecule has 1 aromatic heterocycles. The lowest BCUT2D eigenvalue weighted by Gasteiger charge is -2.29. The highest BCUT2D eigenvalue weighted by Gasteiger charge is 2.32. The normalized spacial score (nSPS) is 16.3. The van der Waals surface area contributed by atoms with Gasteiger partial charge in [-0.15, -0.1) is 0 Å². The zero-order chi connectivity index (χ0) is 24.5. The Morgan fingerprint density at radius 1 is 1.33 bits per heavy atom. The summed E-state index contributed by atoms with van der Waals surface area (Å²) in [6, 6.07) is 6.38. The van der Waals surface area contributed by atoms with E-state index in [1.54, 1.807) is 31.2 Å². The van der Waals surface area contributed by atoms with Gasteiger partial charge in [0.25, 0.3) is 0 Å². The molecule has 2 amide bonds. The third-order valence-corrected chi connectivity index (χ3v) is 7.32. The van der Waals surface area contributed by atoms with E-state index in [0.29, 0.717) is 11.4 Å². The van der Waals surface area contributed by atoms with E-state index in [4.69, 9.17) is 0 Å². The van der Waals surface area contributed by atoms with E-state index in [9.17, 15) is 28.1 Å². The number of nitrogens with zero attached hydrogens (tertiary/aromatic N) is 5. The van der Waals surface area contributed by atoms with Crippen LogP contribution >= 0.6 is 0 Å². The minimum absolute atomic E-state index is 0.0770. The smallest absolute Gasteiger partial charge is 0.312 e. The van der Waals surface area contributed by atoms with Crippen LogP contribution in [0.3, 0.4) is 0 Å². The molecule has 1 N–H and O–H groups in total. The van der Waals surface area contributed by atoms with Gasteiger partial charge in [-0.1, -0.05) is 12.1 Å². The number of carbonyl (C=O) groups is 2. The molecule has 0 radical (unpaired) electrons. The molecule has 12 nitrogen and oxygen atoms in total. The number of para-hydroxylation sites is 2. The summed E-state index contributed by atoms with van der Waals surface area (Å²) in [5, 5.41) is 18.0. The number of anilines is 2. The van der Waals surface area contributed by atoms with E-state index in [1.165, 1.54) is 30.5 Å². The first kappa shape index (κ1) is 24.3. The van der Waals surface area contributed by atoms with Crippen molar-refractivity contribution < 1.29 is 22.9 Å². The third kappa shape index (κ3) is 5.03. The molecule has 0 aliphatic carbocycles. The fourth-order valence-corrected chi connectivity index (χ4v) is 4.88. The lowest BCUT2D eigenvalue weighted by Crippen LogP contribution is -2.46. The Bertz CT molecular complexity index is 1210. The molecular weight excluding hydrogens is 452 g/mol. The first-order valence-corrected chi connectivity index (χ1v) is 11.9. The molecule has 0 fully saturated rings. The predicted molar refractivity (Wildman–Crippen MR) is 121 cm³/mol. The second-order valence-corrected chi connectivity index (χ2v) is 10.1. The Kier molecular flexibility index (Phi) is 6.84. The minimum Gasteiger partial charge on any atom is -0.324 e. The van der Waals surface area contributed by atoms with Crippen molar-refractivity contribution in [1.29, 1.82) is 0 Å². The summed E-state index contributed by atoms with van der Waals surface area (Å²) in [7, 11) is -2.57. The SMILES string of the molecule is Cc1nn(CCS(=O)(=O)N(C)CC(=O)N2c3ccccc3NC(=O)C[C@@H]2C)c(C)c1[N+](=O)[O-]. The number of fused-ring (bicyclic) bond motifs is 1. The van der Waals surface area contributed by atoms with Gasteiger partial charge in [0.15, 0.2) is 0 Å². The molecule has 1 aliphatic heterocycles. The predicted octanol–water partition coefficient (Wildman–Crippen LogP) is 1.43. The molecule has 2 heterocycles.